The number of ether oxygens (including phenoxy) is 2. The van der Waals surface area contributed by atoms with Gasteiger partial charge in [-0.25, -0.2) is 4.98 Å². The van der Waals surface area contributed by atoms with Crippen LogP contribution in [-0.4, -0.2) is 29.3 Å². The minimum absolute atomic E-state index is 0.157. The second kappa shape index (κ2) is 5.19. The summed E-state index contributed by atoms with van der Waals surface area (Å²) in [6, 6.07) is 1.92. The monoisotopic (exact) mass is 317 g/mol. The van der Waals surface area contributed by atoms with Crippen LogP contribution in [-0.2, 0) is 15.7 Å². The van der Waals surface area contributed by atoms with E-state index in [0.717, 1.165) is 12.1 Å². The third kappa shape index (κ3) is 2.38. The average molecular weight is 317 g/mol. The van der Waals surface area contributed by atoms with Crippen LogP contribution in [0.5, 0.6) is 5.88 Å². The summed E-state index contributed by atoms with van der Waals surface area (Å²) in [4.78, 5) is 15.0. The van der Waals surface area contributed by atoms with E-state index in [1.54, 1.807) is 6.92 Å². The first-order chi connectivity index (χ1) is 10.1. The number of aliphatic carboxylic acids is 1. The lowest BCUT2D eigenvalue weighted by atomic mass is 9.76. The molecule has 1 aromatic rings. The van der Waals surface area contributed by atoms with Gasteiger partial charge in [-0.15, -0.1) is 0 Å². The Morgan fingerprint density at radius 1 is 1.45 bits per heavy atom. The van der Waals surface area contributed by atoms with Gasteiger partial charge in [0.05, 0.1) is 13.4 Å². The van der Waals surface area contributed by atoms with Gasteiger partial charge in [0.2, 0.25) is 5.88 Å². The van der Waals surface area contributed by atoms with Crippen molar-refractivity contribution in [1.29, 1.82) is 0 Å². The Morgan fingerprint density at radius 3 is 2.59 bits per heavy atom. The maximum atomic E-state index is 12.7. The molecule has 1 aliphatic rings. The second-order valence-corrected chi connectivity index (χ2v) is 5.07. The number of halogens is 3. The normalized spacial score (nSPS) is 24.6. The molecule has 120 valence electrons. The van der Waals surface area contributed by atoms with Gasteiger partial charge in [0.25, 0.3) is 0 Å². The molecular weight excluding hydrogens is 303 g/mol. The molecular formula is C14H14F3NO4. The van der Waals surface area contributed by atoms with E-state index < -0.39 is 29.4 Å². The highest BCUT2D eigenvalue weighted by atomic mass is 19.4. The van der Waals surface area contributed by atoms with Crippen molar-refractivity contribution in [1.82, 2.24) is 4.98 Å². The van der Waals surface area contributed by atoms with Crippen molar-refractivity contribution in [3.63, 3.8) is 0 Å². The van der Waals surface area contributed by atoms with Crippen LogP contribution in [0.15, 0.2) is 18.4 Å². The SMILES string of the molecule is COc1nc(C(F)(F)F)ccc1C1=CO[C@H](C)[C@@]1(C)C(=O)O. The first-order valence-corrected chi connectivity index (χ1v) is 6.34. The molecule has 2 heterocycles. The fourth-order valence-electron chi connectivity index (χ4n) is 2.24. The first kappa shape index (κ1) is 16.1. The maximum absolute atomic E-state index is 12.7. The van der Waals surface area contributed by atoms with Crippen molar-refractivity contribution in [2.75, 3.05) is 7.11 Å². The summed E-state index contributed by atoms with van der Waals surface area (Å²) in [5.41, 5.74) is -2.15. The molecule has 0 radical (unpaired) electrons. The number of carboxylic acid groups (broad SMARTS) is 1. The minimum Gasteiger partial charge on any atom is -0.496 e. The molecule has 0 saturated heterocycles. The Labute approximate surface area is 124 Å². The lowest BCUT2D eigenvalue weighted by Gasteiger charge is -2.26. The smallest absolute Gasteiger partial charge is 0.433 e. The molecule has 0 aromatic carbocycles. The third-order valence-electron chi connectivity index (χ3n) is 3.84. The minimum atomic E-state index is -4.62. The number of hydrogen-bond donors (Lipinski definition) is 1. The van der Waals surface area contributed by atoms with Crippen LogP contribution in [0.3, 0.4) is 0 Å². The highest BCUT2D eigenvalue weighted by molar-refractivity contribution is 5.94. The molecule has 22 heavy (non-hydrogen) atoms. The van der Waals surface area contributed by atoms with E-state index in [1.807, 2.05) is 0 Å². The van der Waals surface area contributed by atoms with Crippen LogP contribution in [0.1, 0.15) is 25.1 Å². The van der Waals surface area contributed by atoms with Crippen molar-refractivity contribution in [2.45, 2.75) is 26.1 Å². The van der Waals surface area contributed by atoms with Gasteiger partial charge >= 0.3 is 12.1 Å². The van der Waals surface area contributed by atoms with Gasteiger partial charge in [-0.3, -0.25) is 4.79 Å². The maximum Gasteiger partial charge on any atom is 0.433 e. The number of alkyl halides is 3. The summed E-state index contributed by atoms with van der Waals surface area (Å²) < 4.78 is 48.3. The Hall–Kier alpha value is -2.25. The lowest BCUT2D eigenvalue weighted by molar-refractivity contribution is -0.148. The Kier molecular flexibility index (Phi) is 3.80. The standard InChI is InChI=1S/C14H14F3NO4/c1-7-13(2,12(19)20)9(6-22-7)8-4-5-10(14(15,16)17)18-11(8)21-3/h4-7H,1-3H3,(H,19,20)/t7-,13-/m1/s1. The van der Waals surface area contributed by atoms with Gasteiger partial charge in [-0.1, -0.05) is 0 Å². The van der Waals surface area contributed by atoms with E-state index in [-0.39, 0.29) is 17.0 Å². The predicted octanol–water partition coefficient (Wildman–Crippen LogP) is 2.96. The van der Waals surface area contributed by atoms with Crippen LogP contribution >= 0.6 is 0 Å². The summed E-state index contributed by atoms with van der Waals surface area (Å²) in [6.07, 6.45) is -4.06. The number of carbonyl (C=O) groups is 1. The van der Waals surface area contributed by atoms with Crippen LogP contribution in [0.2, 0.25) is 0 Å². The molecule has 1 aliphatic heterocycles. The predicted molar refractivity (Wildman–Crippen MR) is 70.1 cm³/mol. The molecule has 2 atom stereocenters. The molecule has 8 heteroatoms. The Morgan fingerprint density at radius 2 is 2.09 bits per heavy atom. The van der Waals surface area contributed by atoms with Gasteiger partial charge in [0.1, 0.15) is 17.2 Å². The zero-order valence-electron chi connectivity index (χ0n) is 12.1. The largest absolute Gasteiger partial charge is 0.496 e. The number of hydrogen-bond acceptors (Lipinski definition) is 4. The second-order valence-electron chi connectivity index (χ2n) is 5.07. The summed E-state index contributed by atoms with van der Waals surface area (Å²) in [6.45, 7) is 3.01. The van der Waals surface area contributed by atoms with Crippen LogP contribution < -0.4 is 4.74 Å². The van der Waals surface area contributed by atoms with Crippen LogP contribution in [0, 0.1) is 5.41 Å². The van der Waals surface area contributed by atoms with Crippen molar-refractivity contribution in [3.8, 4) is 5.88 Å². The zero-order valence-corrected chi connectivity index (χ0v) is 12.1. The van der Waals surface area contributed by atoms with E-state index in [9.17, 15) is 23.1 Å². The molecule has 5 nitrogen and oxygen atoms in total. The number of pyridine rings is 1. The van der Waals surface area contributed by atoms with Crippen LogP contribution in [0.4, 0.5) is 13.2 Å². The number of rotatable bonds is 3. The molecule has 0 fully saturated rings. The summed E-state index contributed by atoms with van der Waals surface area (Å²) in [5, 5.41) is 9.46. The van der Waals surface area contributed by atoms with E-state index in [2.05, 4.69) is 4.98 Å². The van der Waals surface area contributed by atoms with Crippen molar-refractivity contribution >= 4 is 11.5 Å². The lowest BCUT2D eigenvalue weighted by Crippen LogP contribution is -2.36. The molecule has 0 aliphatic carbocycles. The van der Waals surface area contributed by atoms with Crippen molar-refractivity contribution in [2.24, 2.45) is 5.41 Å². The molecule has 2 rings (SSSR count). The van der Waals surface area contributed by atoms with Crippen LogP contribution in [0.25, 0.3) is 5.57 Å². The van der Waals surface area contributed by atoms with Crippen molar-refractivity contribution < 1.29 is 32.5 Å². The fourth-order valence-corrected chi connectivity index (χ4v) is 2.24. The first-order valence-electron chi connectivity index (χ1n) is 6.34. The van der Waals surface area contributed by atoms with Crippen molar-refractivity contribution in [3.05, 3.63) is 29.7 Å². The van der Waals surface area contributed by atoms with Gasteiger partial charge < -0.3 is 14.6 Å². The number of methoxy groups -OCH3 is 1. The van der Waals surface area contributed by atoms with E-state index >= 15 is 0 Å². The number of carboxylic acids is 1. The fraction of sp³-hybridized carbons (Fsp3) is 0.429. The number of aromatic nitrogens is 1. The molecule has 0 saturated carbocycles. The zero-order chi connectivity index (χ0) is 16.7. The van der Waals surface area contributed by atoms with E-state index in [0.29, 0.717) is 0 Å². The molecule has 1 aromatic heterocycles. The molecule has 1 N–H and O–H groups in total. The Bertz CT molecular complexity index is 641. The highest BCUT2D eigenvalue weighted by Crippen LogP contribution is 2.47. The molecule has 0 unspecified atom stereocenters. The molecule has 0 bridgehead atoms. The summed E-state index contributed by atoms with van der Waals surface area (Å²) in [5.74, 6) is -1.45. The van der Waals surface area contributed by atoms with Gasteiger partial charge in [-0.2, -0.15) is 13.2 Å². The Balaban J connectivity index is 2.56. The summed E-state index contributed by atoms with van der Waals surface area (Å²) >= 11 is 0. The quantitative estimate of drug-likeness (QED) is 0.928. The third-order valence-corrected chi connectivity index (χ3v) is 3.84. The topological polar surface area (TPSA) is 68.7 Å². The van der Waals surface area contributed by atoms with Gasteiger partial charge in [0, 0.05) is 11.1 Å². The van der Waals surface area contributed by atoms with Gasteiger partial charge in [0.15, 0.2) is 0 Å². The average Bonchev–Trinajstić information content (AvgIpc) is 2.74. The highest BCUT2D eigenvalue weighted by Gasteiger charge is 2.49. The van der Waals surface area contributed by atoms with E-state index in [1.165, 1.54) is 20.3 Å². The molecule has 0 amide bonds. The summed E-state index contributed by atoms with van der Waals surface area (Å²) in [7, 11) is 1.17. The van der Waals surface area contributed by atoms with E-state index in [4.69, 9.17) is 9.47 Å². The van der Waals surface area contributed by atoms with Gasteiger partial charge in [-0.05, 0) is 26.0 Å². The molecule has 0 spiro atoms. The number of nitrogens with zero attached hydrogens (tertiary/aromatic N) is 1.